The van der Waals surface area contributed by atoms with Crippen molar-refractivity contribution in [2.75, 3.05) is 6.54 Å². The Kier molecular flexibility index (Phi) is 4.76. The van der Waals surface area contributed by atoms with Gasteiger partial charge in [-0.2, -0.15) is 0 Å². The first-order valence-corrected chi connectivity index (χ1v) is 3.76. The Morgan fingerprint density at radius 3 is 2.67 bits per heavy atom. The summed E-state index contributed by atoms with van der Waals surface area (Å²) in [6.07, 6.45) is 1.10. The molecule has 0 aromatic carbocycles. The van der Waals surface area contributed by atoms with Gasteiger partial charge in [0.15, 0.2) is 5.96 Å². The fraction of sp³-hybridized carbons (Fsp3) is 0.500. The van der Waals surface area contributed by atoms with Crippen LogP contribution in [0.1, 0.15) is 19.8 Å². The largest absolute Gasteiger partial charge is 0.370 e. The standard InChI is InChI=1S/C8H15N3O/c1-6(5-7(2)12)3-4-11-8(9)10/h1,3-5H2,2H3,(H4,9,10,11). The third-order valence-electron chi connectivity index (χ3n) is 1.29. The average Bonchev–Trinajstić information content (AvgIpc) is 1.84. The molecule has 0 spiro atoms. The van der Waals surface area contributed by atoms with Crippen LogP contribution in [0, 0.1) is 5.41 Å². The number of Topliss-reactive ketones (excluding diaryl/α,β-unsaturated/α-hetero) is 1. The highest BCUT2D eigenvalue weighted by Crippen LogP contribution is 2.02. The van der Waals surface area contributed by atoms with Crippen LogP contribution >= 0.6 is 0 Å². The number of hydrogen-bond donors (Lipinski definition) is 3. The number of nitrogens with one attached hydrogen (secondary N) is 2. The van der Waals surface area contributed by atoms with E-state index in [1.807, 2.05) is 0 Å². The van der Waals surface area contributed by atoms with E-state index in [0.29, 0.717) is 19.4 Å². The van der Waals surface area contributed by atoms with E-state index in [9.17, 15) is 4.79 Å². The first-order chi connectivity index (χ1) is 5.52. The van der Waals surface area contributed by atoms with Crippen molar-refractivity contribution < 1.29 is 4.79 Å². The maximum absolute atomic E-state index is 10.6. The average molecular weight is 169 g/mol. The van der Waals surface area contributed by atoms with Crippen molar-refractivity contribution in [1.82, 2.24) is 5.32 Å². The zero-order valence-corrected chi connectivity index (χ0v) is 7.31. The van der Waals surface area contributed by atoms with E-state index in [2.05, 4.69) is 11.9 Å². The monoisotopic (exact) mass is 169 g/mol. The molecule has 0 aromatic heterocycles. The summed E-state index contributed by atoms with van der Waals surface area (Å²) >= 11 is 0. The molecule has 4 nitrogen and oxygen atoms in total. The lowest BCUT2D eigenvalue weighted by Crippen LogP contribution is -2.31. The molecule has 0 rings (SSSR count). The van der Waals surface area contributed by atoms with Crippen LogP contribution in [0.5, 0.6) is 0 Å². The third-order valence-corrected chi connectivity index (χ3v) is 1.29. The van der Waals surface area contributed by atoms with Crippen LogP contribution in [0.4, 0.5) is 0 Å². The number of nitrogens with two attached hydrogens (primary N) is 1. The first-order valence-electron chi connectivity index (χ1n) is 3.76. The molecule has 0 radical (unpaired) electrons. The summed E-state index contributed by atoms with van der Waals surface area (Å²) < 4.78 is 0. The fourth-order valence-corrected chi connectivity index (χ4v) is 0.814. The molecule has 0 aliphatic rings. The van der Waals surface area contributed by atoms with Gasteiger partial charge in [-0.25, -0.2) is 0 Å². The van der Waals surface area contributed by atoms with Crippen LogP contribution in [-0.4, -0.2) is 18.3 Å². The quantitative estimate of drug-likeness (QED) is 0.316. The zero-order chi connectivity index (χ0) is 9.56. The maximum Gasteiger partial charge on any atom is 0.185 e. The Morgan fingerprint density at radius 1 is 1.67 bits per heavy atom. The van der Waals surface area contributed by atoms with Gasteiger partial charge in [0, 0.05) is 13.0 Å². The lowest BCUT2D eigenvalue weighted by atomic mass is 10.1. The summed E-state index contributed by atoms with van der Waals surface area (Å²) in [5.74, 6) is 0.0634. The lowest BCUT2D eigenvalue weighted by molar-refractivity contribution is -0.116. The van der Waals surface area contributed by atoms with E-state index < -0.39 is 0 Å². The minimum Gasteiger partial charge on any atom is -0.370 e. The number of rotatable bonds is 5. The molecule has 0 aliphatic heterocycles. The smallest absolute Gasteiger partial charge is 0.185 e. The second-order valence-corrected chi connectivity index (χ2v) is 2.72. The molecule has 0 aliphatic carbocycles. The molecule has 0 fully saturated rings. The number of carbonyl (C=O) groups is 1. The van der Waals surface area contributed by atoms with Crippen LogP contribution < -0.4 is 11.1 Å². The highest BCUT2D eigenvalue weighted by Gasteiger charge is 1.98. The van der Waals surface area contributed by atoms with Gasteiger partial charge in [0.2, 0.25) is 0 Å². The predicted molar refractivity (Wildman–Crippen MR) is 49.0 cm³/mol. The van der Waals surface area contributed by atoms with E-state index in [0.717, 1.165) is 5.57 Å². The summed E-state index contributed by atoms with van der Waals surface area (Å²) in [6, 6.07) is 0. The van der Waals surface area contributed by atoms with Gasteiger partial charge in [-0.1, -0.05) is 12.2 Å². The minimum absolute atomic E-state index is 0.0503. The molecule has 0 saturated heterocycles. The molecule has 0 saturated carbocycles. The molecule has 4 N–H and O–H groups in total. The van der Waals surface area contributed by atoms with Crippen LogP contribution in [0.25, 0.3) is 0 Å². The Bertz CT molecular complexity index is 198. The van der Waals surface area contributed by atoms with Crippen molar-refractivity contribution in [2.45, 2.75) is 19.8 Å². The van der Waals surface area contributed by atoms with Gasteiger partial charge in [0.25, 0.3) is 0 Å². The molecule has 0 heterocycles. The van der Waals surface area contributed by atoms with Gasteiger partial charge < -0.3 is 11.1 Å². The van der Waals surface area contributed by atoms with E-state index in [-0.39, 0.29) is 11.7 Å². The van der Waals surface area contributed by atoms with Gasteiger partial charge in [-0.05, 0) is 13.3 Å². The van der Waals surface area contributed by atoms with Gasteiger partial charge in [-0.3, -0.25) is 10.2 Å². The summed E-state index contributed by atoms with van der Waals surface area (Å²) in [4.78, 5) is 10.6. The number of carbonyl (C=O) groups excluding carboxylic acids is 1. The highest BCUT2D eigenvalue weighted by molar-refractivity contribution is 5.78. The number of ketones is 1. The molecule has 0 unspecified atom stereocenters. The second-order valence-electron chi connectivity index (χ2n) is 2.72. The molecule has 12 heavy (non-hydrogen) atoms. The summed E-state index contributed by atoms with van der Waals surface area (Å²) in [5.41, 5.74) is 5.93. The van der Waals surface area contributed by atoms with Crippen LogP contribution in [0.2, 0.25) is 0 Å². The maximum atomic E-state index is 10.6. The Hall–Kier alpha value is -1.32. The lowest BCUT2D eigenvalue weighted by Gasteiger charge is -2.04. The van der Waals surface area contributed by atoms with Crippen molar-refractivity contribution in [3.63, 3.8) is 0 Å². The SMILES string of the molecule is C=C(CCNC(=N)N)CC(C)=O. The van der Waals surface area contributed by atoms with Gasteiger partial charge in [-0.15, -0.1) is 0 Å². The Balaban J connectivity index is 3.44. The van der Waals surface area contributed by atoms with Gasteiger partial charge in [0.05, 0.1) is 0 Å². The van der Waals surface area contributed by atoms with Crippen LogP contribution in [0.15, 0.2) is 12.2 Å². The molecule has 68 valence electrons. The fourth-order valence-electron chi connectivity index (χ4n) is 0.814. The zero-order valence-electron chi connectivity index (χ0n) is 7.31. The van der Waals surface area contributed by atoms with Crippen molar-refractivity contribution in [2.24, 2.45) is 5.73 Å². The van der Waals surface area contributed by atoms with Crippen LogP contribution in [0.3, 0.4) is 0 Å². The summed E-state index contributed by atoms with van der Waals surface area (Å²) in [6.45, 7) is 5.82. The Labute approximate surface area is 72.3 Å². The molecule has 4 heteroatoms. The molecular formula is C8H15N3O. The van der Waals surface area contributed by atoms with E-state index >= 15 is 0 Å². The molecule has 0 bridgehead atoms. The van der Waals surface area contributed by atoms with Crippen molar-refractivity contribution in [1.29, 1.82) is 5.41 Å². The predicted octanol–water partition coefficient (Wildman–Crippen LogP) is 0.395. The van der Waals surface area contributed by atoms with Gasteiger partial charge >= 0.3 is 0 Å². The summed E-state index contributed by atoms with van der Waals surface area (Å²) in [5, 5.41) is 9.49. The molecule has 0 aromatic rings. The Morgan fingerprint density at radius 2 is 2.25 bits per heavy atom. The normalized spacial score (nSPS) is 9.08. The molecular weight excluding hydrogens is 154 g/mol. The van der Waals surface area contributed by atoms with Crippen molar-refractivity contribution in [3.8, 4) is 0 Å². The number of hydrogen-bond acceptors (Lipinski definition) is 2. The van der Waals surface area contributed by atoms with E-state index in [4.69, 9.17) is 11.1 Å². The number of guanidine groups is 1. The summed E-state index contributed by atoms with van der Waals surface area (Å²) in [7, 11) is 0. The van der Waals surface area contributed by atoms with Crippen molar-refractivity contribution >= 4 is 11.7 Å². The third kappa shape index (κ3) is 6.80. The van der Waals surface area contributed by atoms with E-state index in [1.165, 1.54) is 6.92 Å². The molecule has 0 amide bonds. The highest BCUT2D eigenvalue weighted by atomic mass is 16.1. The first kappa shape index (κ1) is 10.7. The van der Waals surface area contributed by atoms with Crippen molar-refractivity contribution in [3.05, 3.63) is 12.2 Å². The second kappa shape index (κ2) is 5.35. The topological polar surface area (TPSA) is 79.0 Å². The minimum atomic E-state index is -0.0503. The molecule has 0 atom stereocenters. The van der Waals surface area contributed by atoms with E-state index in [1.54, 1.807) is 0 Å². The van der Waals surface area contributed by atoms with Crippen LogP contribution in [-0.2, 0) is 4.79 Å². The van der Waals surface area contributed by atoms with Gasteiger partial charge in [0.1, 0.15) is 5.78 Å².